The molecule has 0 saturated carbocycles. The van der Waals surface area contributed by atoms with Crippen LogP contribution >= 0.6 is 0 Å². The Kier molecular flexibility index (Phi) is 4.09. The number of benzene rings is 1. The van der Waals surface area contributed by atoms with E-state index >= 15 is 0 Å². The first-order chi connectivity index (χ1) is 12.9. The quantitative estimate of drug-likeness (QED) is 0.718. The van der Waals surface area contributed by atoms with E-state index < -0.39 is 0 Å². The van der Waals surface area contributed by atoms with E-state index in [9.17, 15) is 0 Å². The monoisotopic (exact) mass is 348 g/mol. The topological polar surface area (TPSA) is 47.1 Å². The second-order valence-electron chi connectivity index (χ2n) is 7.44. The predicted octanol–water partition coefficient (Wildman–Crippen LogP) is 3.86. The summed E-state index contributed by atoms with van der Waals surface area (Å²) in [6, 6.07) is 14.5. The van der Waals surface area contributed by atoms with E-state index in [1.165, 1.54) is 30.9 Å². The third kappa shape index (κ3) is 2.97. The van der Waals surface area contributed by atoms with Crippen molar-refractivity contribution < 1.29 is 4.42 Å². The molecule has 0 spiro atoms. The van der Waals surface area contributed by atoms with Crippen molar-refractivity contribution in [3.63, 3.8) is 0 Å². The molecule has 1 fully saturated rings. The summed E-state index contributed by atoms with van der Waals surface area (Å²) in [6.07, 6.45) is 4.71. The summed E-state index contributed by atoms with van der Waals surface area (Å²) in [4.78, 5) is 2.50. The van der Waals surface area contributed by atoms with Gasteiger partial charge < -0.3 is 8.98 Å². The van der Waals surface area contributed by atoms with Gasteiger partial charge in [0.15, 0.2) is 0 Å². The van der Waals surface area contributed by atoms with Crippen LogP contribution in [0, 0.1) is 0 Å². The van der Waals surface area contributed by atoms with E-state index in [0.29, 0.717) is 5.92 Å². The fourth-order valence-corrected chi connectivity index (χ4v) is 4.33. The lowest BCUT2D eigenvalue weighted by atomic mass is 9.97. The number of furan rings is 1. The Morgan fingerprint density at radius 2 is 1.92 bits per heavy atom. The molecule has 26 heavy (non-hydrogen) atoms. The molecule has 5 nitrogen and oxygen atoms in total. The molecular formula is C21H24N4O. The summed E-state index contributed by atoms with van der Waals surface area (Å²) in [5.41, 5.74) is 1.13. The van der Waals surface area contributed by atoms with E-state index in [4.69, 9.17) is 4.42 Å². The lowest BCUT2D eigenvalue weighted by Gasteiger charge is -2.31. The maximum absolute atomic E-state index is 6.10. The highest BCUT2D eigenvalue weighted by atomic mass is 16.3. The first kappa shape index (κ1) is 15.8. The number of hydrogen-bond acceptors (Lipinski definition) is 4. The summed E-state index contributed by atoms with van der Waals surface area (Å²) >= 11 is 0. The molecule has 0 bridgehead atoms. The number of rotatable bonds is 4. The smallest absolute Gasteiger partial charge is 0.137 e. The first-order valence-corrected chi connectivity index (χ1v) is 9.65. The van der Waals surface area contributed by atoms with Crippen LogP contribution < -0.4 is 0 Å². The maximum atomic E-state index is 6.10. The summed E-state index contributed by atoms with van der Waals surface area (Å²) < 4.78 is 8.45. The third-order valence-electron chi connectivity index (χ3n) is 5.61. The summed E-state index contributed by atoms with van der Waals surface area (Å²) in [5.74, 6) is 4.86. The lowest BCUT2D eigenvalue weighted by Crippen LogP contribution is -2.34. The van der Waals surface area contributed by atoms with E-state index in [2.05, 4.69) is 43.9 Å². The molecule has 0 radical (unpaired) electrons. The predicted molar refractivity (Wildman–Crippen MR) is 99.7 cm³/mol. The molecule has 1 aromatic carbocycles. The van der Waals surface area contributed by atoms with Crippen molar-refractivity contribution in [2.24, 2.45) is 0 Å². The zero-order valence-corrected chi connectivity index (χ0v) is 15.0. The van der Waals surface area contributed by atoms with E-state index in [-0.39, 0.29) is 0 Å². The second-order valence-corrected chi connectivity index (χ2v) is 7.44. The largest absolute Gasteiger partial charge is 0.460 e. The SMILES string of the molecule is c1ccc(-c2ccc(CN3CCCC(c4nnc5n4CCC5)C3)o2)cc1. The van der Waals surface area contributed by atoms with E-state index in [0.717, 1.165) is 49.7 Å². The Morgan fingerprint density at radius 3 is 2.85 bits per heavy atom. The normalized spacial score (nSPS) is 20.4. The van der Waals surface area contributed by atoms with Gasteiger partial charge in [-0.3, -0.25) is 4.90 Å². The van der Waals surface area contributed by atoms with Crippen LogP contribution in [0.15, 0.2) is 46.9 Å². The molecule has 1 unspecified atom stereocenters. The van der Waals surface area contributed by atoms with Gasteiger partial charge in [-0.05, 0) is 37.9 Å². The number of aryl methyl sites for hydroxylation is 1. The van der Waals surface area contributed by atoms with Gasteiger partial charge in [-0.25, -0.2) is 0 Å². The fraction of sp³-hybridized carbons (Fsp3) is 0.429. The first-order valence-electron chi connectivity index (χ1n) is 9.65. The van der Waals surface area contributed by atoms with Crippen LogP contribution in [0.5, 0.6) is 0 Å². The molecule has 0 N–H and O–H groups in total. The van der Waals surface area contributed by atoms with E-state index in [1.54, 1.807) is 0 Å². The molecule has 2 aliphatic rings. The number of nitrogens with zero attached hydrogens (tertiary/aromatic N) is 4. The van der Waals surface area contributed by atoms with Crippen LogP contribution in [0.25, 0.3) is 11.3 Å². The Balaban J connectivity index is 1.28. The van der Waals surface area contributed by atoms with Gasteiger partial charge in [-0.1, -0.05) is 30.3 Å². The lowest BCUT2D eigenvalue weighted by molar-refractivity contribution is 0.182. The molecule has 0 amide bonds. The minimum absolute atomic E-state index is 0.492. The summed E-state index contributed by atoms with van der Waals surface area (Å²) in [5, 5.41) is 8.90. The van der Waals surface area contributed by atoms with Crippen molar-refractivity contribution in [3.8, 4) is 11.3 Å². The Morgan fingerprint density at radius 1 is 1.00 bits per heavy atom. The van der Waals surface area contributed by atoms with Crippen LogP contribution in [-0.2, 0) is 19.5 Å². The molecular weight excluding hydrogens is 324 g/mol. The minimum atomic E-state index is 0.492. The second kappa shape index (κ2) is 6.72. The number of aromatic nitrogens is 3. The Bertz CT molecular complexity index is 883. The van der Waals surface area contributed by atoms with Crippen LogP contribution in [0.4, 0.5) is 0 Å². The molecule has 0 aliphatic carbocycles. The van der Waals surface area contributed by atoms with Crippen LogP contribution in [0.3, 0.4) is 0 Å². The molecule has 5 rings (SSSR count). The molecule has 2 aromatic heterocycles. The standard InChI is InChI=1S/C21H24N4O/c1-2-6-16(7-3-1)19-11-10-18(26-19)15-24-12-4-8-17(14-24)21-23-22-20-9-5-13-25(20)21/h1-3,6-7,10-11,17H,4-5,8-9,12-15H2. The molecule has 3 aromatic rings. The maximum Gasteiger partial charge on any atom is 0.137 e. The molecule has 1 atom stereocenters. The van der Waals surface area contributed by atoms with Gasteiger partial charge in [0.25, 0.3) is 0 Å². The molecule has 5 heteroatoms. The molecule has 2 aliphatic heterocycles. The Labute approximate surface area is 153 Å². The highest BCUT2D eigenvalue weighted by Gasteiger charge is 2.28. The van der Waals surface area contributed by atoms with Crippen molar-refractivity contribution in [1.82, 2.24) is 19.7 Å². The summed E-state index contributed by atoms with van der Waals surface area (Å²) in [6.45, 7) is 4.12. The molecule has 4 heterocycles. The van der Waals surface area contributed by atoms with Gasteiger partial charge in [0, 0.05) is 31.0 Å². The highest BCUT2D eigenvalue weighted by molar-refractivity contribution is 5.57. The van der Waals surface area contributed by atoms with Crippen molar-refractivity contribution >= 4 is 0 Å². The third-order valence-corrected chi connectivity index (χ3v) is 5.61. The van der Waals surface area contributed by atoms with Gasteiger partial charge in [0.2, 0.25) is 0 Å². The average molecular weight is 348 g/mol. The van der Waals surface area contributed by atoms with Crippen molar-refractivity contribution in [1.29, 1.82) is 0 Å². The van der Waals surface area contributed by atoms with Gasteiger partial charge in [0.05, 0.1) is 6.54 Å². The zero-order valence-electron chi connectivity index (χ0n) is 15.0. The Hall–Kier alpha value is -2.40. The minimum Gasteiger partial charge on any atom is -0.460 e. The van der Waals surface area contributed by atoms with Crippen molar-refractivity contribution in [2.45, 2.75) is 44.7 Å². The van der Waals surface area contributed by atoms with Crippen LogP contribution in [0.1, 0.15) is 42.6 Å². The number of fused-ring (bicyclic) bond motifs is 1. The highest BCUT2D eigenvalue weighted by Crippen LogP contribution is 2.30. The van der Waals surface area contributed by atoms with Gasteiger partial charge in [-0.15, -0.1) is 10.2 Å². The van der Waals surface area contributed by atoms with Gasteiger partial charge >= 0.3 is 0 Å². The number of hydrogen-bond donors (Lipinski definition) is 0. The summed E-state index contributed by atoms with van der Waals surface area (Å²) in [7, 11) is 0. The fourth-order valence-electron chi connectivity index (χ4n) is 4.33. The van der Waals surface area contributed by atoms with Crippen LogP contribution in [0.2, 0.25) is 0 Å². The van der Waals surface area contributed by atoms with Gasteiger partial charge in [0.1, 0.15) is 23.2 Å². The number of piperidine rings is 1. The van der Waals surface area contributed by atoms with Crippen LogP contribution in [-0.4, -0.2) is 32.8 Å². The van der Waals surface area contributed by atoms with Crippen molar-refractivity contribution in [3.05, 3.63) is 59.9 Å². The molecule has 134 valence electrons. The average Bonchev–Trinajstić information content (AvgIpc) is 3.40. The van der Waals surface area contributed by atoms with Gasteiger partial charge in [-0.2, -0.15) is 0 Å². The number of likely N-dealkylation sites (tertiary alicyclic amines) is 1. The van der Waals surface area contributed by atoms with E-state index in [1.807, 2.05) is 18.2 Å². The van der Waals surface area contributed by atoms with Crippen molar-refractivity contribution in [2.75, 3.05) is 13.1 Å². The zero-order chi connectivity index (χ0) is 17.3. The molecule has 1 saturated heterocycles.